The number of carbonyl (C=O) groups is 1. The number of amides is 1. The van der Waals surface area contributed by atoms with Crippen molar-refractivity contribution in [3.8, 4) is 0 Å². The highest BCUT2D eigenvalue weighted by Gasteiger charge is 2.41. The zero-order valence-corrected chi connectivity index (χ0v) is 10.5. The van der Waals surface area contributed by atoms with Crippen molar-refractivity contribution in [1.29, 1.82) is 0 Å². The summed E-state index contributed by atoms with van der Waals surface area (Å²) in [6.45, 7) is 2.65. The highest BCUT2D eigenvalue weighted by atomic mass is 32.2. The fourth-order valence-electron chi connectivity index (χ4n) is 2.27. The van der Waals surface area contributed by atoms with Gasteiger partial charge in [0.25, 0.3) is 0 Å². The molecule has 2 rings (SSSR count). The molecule has 92 valence electrons. The Morgan fingerprint density at radius 3 is 3.00 bits per heavy atom. The second-order valence-corrected chi connectivity index (χ2v) is 5.74. The molecule has 0 aromatic heterocycles. The largest absolute Gasteiger partial charge is 0.376 e. The van der Waals surface area contributed by atoms with Crippen molar-refractivity contribution in [2.45, 2.75) is 49.6 Å². The van der Waals surface area contributed by atoms with Gasteiger partial charge in [-0.3, -0.25) is 4.79 Å². The smallest absolute Gasteiger partial charge is 0.233 e. The van der Waals surface area contributed by atoms with Gasteiger partial charge >= 0.3 is 0 Å². The molecule has 1 aliphatic heterocycles. The number of carbonyl (C=O) groups excluding carboxylic acids is 1. The number of nitrogens with one attached hydrogen (secondary N) is 1. The summed E-state index contributed by atoms with van der Waals surface area (Å²) in [7, 11) is 0. The molecule has 1 amide bonds. The van der Waals surface area contributed by atoms with Gasteiger partial charge in [0.2, 0.25) is 5.91 Å². The van der Waals surface area contributed by atoms with Gasteiger partial charge in [-0.05, 0) is 31.9 Å². The Labute approximate surface area is 101 Å². The van der Waals surface area contributed by atoms with Gasteiger partial charge in [0.05, 0.1) is 17.4 Å². The van der Waals surface area contributed by atoms with E-state index in [0.717, 1.165) is 25.0 Å². The zero-order valence-electron chi connectivity index (χ0n) is 9.65. The first-order chi connectivity index (χ1) is 7.72. The Bertz CT molecular complexity index is 254. The van der Waals surface area contributed by atoms with Crippen LogP contribution in [0.5, 0.6) is 0 Å². The topological polar surface area (TPSA) is 64.3 Å². The first kappa shape index (κ1) is 12.2. The molecule has 1 saturated heterocycles. The lowest BCUT2D eigenvalue weighted by molar-refractivity contribution is -0.125. The second kappa shape index (κ2) is 5.38. The minimum Gasteiger partial charge on any atom is -0.376 e. The minimum absolute atomic E-state index is 0.0219. The van der Waals surface area contributed by atoms with Crippen molar-refractivity contribution in [3.63, 3.8) is 0 Å². The van der Waals surface area contributed by atoms with E-state index in [9.17, 15) is 4.79 Å². The number of hydrogen-bond acceptors (Lipinski definition) is 4. The van der Waals surface area contributed by atoms with Crippen LogP contribution in [0, 0.1) is 0 Å². The lowest BCUT2D eigenvalue weighted by atomic mass is 9.83. The van der Waals surface area contributed by atoms with Crippen LogP contribution in [0.4, 0.5) is 0 Å². The molecule has 4 atom stereocenters. The summed E-state index contributed by atoms with van der Waals surface area (Å²) in [5, 5.41) is 3.17. The quantitative estimate of drug-likeness (QED) is 0.756. The first-order valence-corrected chi connectivity index (χ1v) is 7.06. The van der Waals surface area contributed by atoms with Crippen LogP contribution in [0.3, 0.4) is 0 Å². The van der Waals surface area contributed by atoms with Gasteiger partial charge in [-0.1, -0.05) is 0 Å². The maximum absolute atomic E-state index is 11.9. The van der Waals surface area contributed by atoms with E-state index < -0.39 is 0 Å². The van der Waals surface area contributed by atoms with Crippen LogP contribution in [0.1, 0.15) is 26.2 Å². The third-order valence-electron chi connectivity index (χ3n) is 3.28. The molecule has 3 N–H and O–H groups in total. The van der Waals surface area contributed by atoms with Crippen molar-refractivity contribution >= 4 is 17.7 Å². The summed E-state index contributed by atoms with van der Waals surface area (Å²) < 4.78 is 5.52. The van der Waals surface area contributed by atoms with E-state index in [1.807, 2.05) is 6.92 Å². The fraction of sp³-hybridized carbons (Fsp3) is 0.909. The third-order valence-corrected chi connectivity index (χ3v) is 4.65. The minimum atomic E-state index is 0.0219. The van der Waals surface area contributed by atoms with E-state index in [0.29, 0.717) is 6.61 Å². The van der Waals surface area contributed by atoms with Gasteiger partial charge in [-0.15, -0.1) is 11.8 Å². The number of thioether (sulfide) groups is 1. The molecule has 2 fully saturated rings. The summed E-state index contributed by atoms with van der Waals surface area (Å²) in [4.78, 5) is 11.9. The number of nitrogens with two attached hydrogens (primary N) is 1. The summed E-state index contributed by atoms with van der Waals surface area (Å²) in [5.41, 5.74) is 5.89. The van der Waals surface area contributed by atoms with E-state index >= 15 is 0 Å². The molecule has 0 aromatic rings. The van der Waals surface area contributed by atoms with Crippen LogP contribution in [0.25, 0.3) is 0 Å². The van der Waals surface area contributed by atoms with Crippen LogP contribution >= 0.6 is 11.8 Å². The molecule has 5 heteroatoms. The molecule has 4 nitrogen and oxygen atoms in total. The highest BCUT2D eigenvalue weighted by Crippen LogP contribution is 2.28. The van der Waals surface area contributed by atoms with E-state index in [1.54, 1.807) is 11.8 Å². The van der Waals surface area contributed by atoms with Gasteiger partial charge in [0.15, 0.2) is 0 Å². The highest BCUT2D eigenvalue weighted by molar-refractivity contribution is 8.00. The molecule has 1 aliphatic carbocycles. The van der Waals surface area contributed by atoms with Crippen LogP contribution < -0.4 is 11.1 Å². The molecule has 0 bridgehead atoms. The fourth-order valence-corrected chi connectivity index (χ4v) is 3.44. The maximum Gasteiger partial charge on any atom is 0.233 e. The standard InChI is InChI=1S/C11H20N2O2S/c1-2-15-8-6-7(12)10(8)13-11(14)9-4-3-5-16-9/h7-10H,2-6,12H2,1H3,(H,13,14). The van der Waals surface area contributed by atoms with Crippen molar-refractivity contribution in [2.24, 2.45) is 5.73 Å². The van der Waals surface area contributed by atoms with Gasteiger partial charge < -0.3 is 15.8 Å². The molecule has 16 heavy (non-hydrogen) atoms. The number of rotatable bonds is 4. The predicted molar refractivity (Wildman–Crippen MR) is 65.4 cm³/mol. The van der Waals surface area contributed by atoms with Crippen molar-refractivity contribution < 1.29 is 9.53 Å². The number of ether oxygens (including phenoxy) is 1. The summed E-state index contributed by atoms with van der Waals surface area (Å²) in [5.74, 6) is 1.25. The normalized spacial score (nSPS) is 38.1. The summed E-state index contributed by atoms with van der Waals surface area (Å²) in [6, 6.07) is 0.0838. The van der Waals surface area contributed by atoms with Gasteiger partial charge in [0, 0.05) is 12.6 Å². The van der Waals surface area contributed by atoms with E-state index in [4.69, 9.17) is 10.5 Å². The van der Waals surface area contributed by atoms with Crippen LogP contribution in [-0.2, 0) is 9.53 Å². The van der Waals surface area contributed by atoms with Gasteiger partial charge in [-0.2, -0.15) is 0 Å². The average Bonchev–Trinajstić information content (AvgIpc) is 2.79. The average molecular weight is 244 g/mol. The number of hydrogen-bond donors (Lipinski definition) is 2. The molecule has 1 heterocycles. The van der Waals surface area contributed by atoms with Gasteiger partial charge in [-0.25, -0.2) is 0 Å². The molecule has 1 saturated carbocycles. The van der Waals surface area contributed by atoms with E-state index in [-0.39, 0.29) is 29.3 Å². The lowest BCUT2D eigenvalue weighted by Crippen LogP contribution is -2.65. The molecule has 0 radical (unpaired) electrons. The van der Waals surface area contributed by atoms with Crippen LogP contribution in [0.2, 0.25) is 0 Å². The van der Waals surface area contributed by atoms with Crippen molar-refractivity contribution in [1.82, 2.24) is 5.32 Å². The molecular weight excluding hydrogens is 224 g/mol. The first-order valence-electron chi connectivity index (χ1n) is 6.01. The SMILES string of the molecule is CCOC1CC(N)C1NC(=O)C1CCCS1. The van der Waals surface area contributed by atoms with Crippen LogP contribution in [-0.4, -0.2) is 41.7 Å². The molecule has 4 unspecified atom stereocenters. The van der Waals surface area contributed by atoms with E-state index in [2.05, 4.69) is 5.32 Å². The maximum atomic E-state index is 11.9. The third kappa shape index (κ3) is 2.52. The monoisotopic (exact) mass is 244 g/mol. The predicted octanol–water partition coefficient (Wildman–Crippen LogP) is 0.503. The Balaban J connectivity index is 1.80. The molecule has 0 aromatic carbocycles. The Morgan fingerprint density at radius 2 is 2.44 bits per heavy atom. The van der Waals surface area contributed by atoms with Crippen molar-refractivity contribution in [2.75, 3.05) is 12.4 Å². The molecular formula is C11H20N2O2S. The second-order valence-electron chi connectivity index (χ2n) is 4.43. The van der Waals surface area contributed by atoms with Crippen LogP contribution in [0.15, 0.2) is 0 Å². The molecule has 0 spiro atoms. The molecule has 2 aliphatic rings. The van der Waals surface area contributed by atoms with Gasteiger partial charge in [0.1, 0.15) is 0 Å². The Morgan fingerprint density at radius 1 is 1.62 bits per heavy atom. The Kier molecular flexibility index (Phi) is 4.10. The summed E-state index contributed by atoms with van der Waals surface area (Å²) >= 11 is 1.75. The van der Waals surface area contributed by atoms with E-state index in [1.165, 1.54) is 0 Å². The van der Waals surface area contributed by atoms with Crippen molar-refractivity contribution in [3.05, 3.63) is 0 Å². The summed E-state index contributed by atoms with van der Waals surface area (Å²) in [6.07, 6.45) is 3.12. The lowest BCUT2D eigenvalue weighted by Gasteiger charge is -2.42. The zero-order chi connectivity index (χ0) is 11.5. The Hall–Kier alpha value is -0.260.